The van der Waals surface area contributed by atoms with Crippen molar-refractivity contribution in [2.24, 2.45) is 4.99 Å². The molecule has 0 spiro atoms. The number of alkyl halides is 3. The Kier molecular flexibility index (Phi) is 3.69. The molecule has 0 atom stereocenters. The van der Waals surface area contributed by atoms with Crippen molar-refractivity contribution in [3.05, 3.63) is 65.7 Å². The minimum atomic E-state index is -4.31. The topological polar surface area (TPSA) is 12.4 Å². The van der Waals surface area contributed by atoms with Gasteiger partial charge >= 0.3 is 6.18 Å². The summed E-state index contributed by atoms with van der Waals surface area (Å²) >= 11 is 0. The van der Waals surface area contributed by atoms with Crippen LogP contribution in [-0.4, -0.2) is 5.71 Å². The van der Waals surface area contributed by atoms with Gasteiger partial charge in [-0.05, 0) is 36.8 Å². The predicted molar refractivity (Wildman–Crippen MR) is 69.8 cm³/mol. The fourth-order valence-corrected chi connectivity index (χ4v) is 1.66. The summed E-state index contributed by atoms with van der Waals surface area (Å²) < 4.78 is 37.2. The van der Waals surface area contributed by atoms with Crippen LogP contribution in [0.15, 0.2) is 59.6 Å². The first-order chi connectivity index (χ1) is 8.97. The van der Waals surface area contributed by atoms with Crippen LogP contribution in [0.4, 0.5) is 18.9 Å². The molecule has 0 saturated carbocycles. The van der Waals surface area contributed by atoms with Crippen LogP contribution in [0.1, 0.15) is 18.1 Å². The Labute approximate surface area is 109 Å². The zero-order valence-corrected chi connectivity index (χ0v) is 10.3. The molecular weight excluding hydrogens is 251 g/mol. The van der Waals surface area contributed by atoms with E-state index in [1.807, 2.05) is 37.3 Å². The molecule has 0 bridgehead atoms. The smallest absolute Gasteiger partial charge is 0.253 e. The van der Waals surface area contributed by atoms with Crippen molar-refractivity contribution in [1.82, 2.24) is 0 Å². The van der Waals surface area contributed by atoms with Crippen molar-refractivity contribution in [2.75, 3.05) is 0 Å². The Morgan fingerprint density at radius 3 is 2.00 bits per heavy atom. The average Bonchev–Trinajstić information content (AvgIpc) is 2.39. The summed E-state index contributed by atoms with van der Waals surface area (Å²) in [7, 11) is 0. The van der Waals surface area contributed by atoms with E-state index >= 15 is 0 Å². The summed E-state index contributed by atoms with van der Waals surface area (Å²) in [6.07, 6.45) is -4.31. The van der Waals surface area contributed by atoms with Gasteiger partial charge < -0.3 is 0 Å². The summed E-state index contributed by atoms with van der Waals surface area (Å²) in [6, 6.07) is 14.3. The van der Waals surface area contributed by atoms with Crippen LogP contribution in [-0.2, 0) is 6.18 Å². The highest BCUT2D eigenvalue weighted by Gasteiger charge is 2.29. The van der Waals surface area contributed by atoms with E-state index in [1.165, 1.54) is 12.1 Å². The number of nitrogens with zero attached hydrogens (tertiary/aromatic N) is 1. The highest BCUT2D eigenvalue weighted by molar-refractivity contribution is 6.00. The molecule has 98 valence electrons. The average molecular weight is 263 g/mol. The van der Waals surface area contributed by atoms with Gasteiger partial charge in [-0.1, -0.05) is 30.3 Å². The summed E-state index contributed by atoms with van der Waals surface area (Å²) in [5.74, 6) is 0. The van der Waals surface area contributed by atoms with Crippen molar-refractivity contribution in [2.45, 2.75) is 13.1 Å². The van der Waals surface area contributed by atoms with E-state index in [0.717, 1.165) is 23.4 Å². The highest BCUT2D eigenvalue weighted by atomic mass is 19.4. The molecule has 0 aliphatic rings. The lowest BCUT2D eigenvalue weighted by molar-refractivity contribution is -0.137. The van der Waals surface area contributed by atoms with Gasteiger partial charge in [0.15, 0.2) is 0 Å². The third-order valence-electron chi connectivity index (χ3n) is 2.68. The van der Waals surface area contributed by atoms with Crippen LogP contribution < -0.4 is 0 Å². The van der Waals surface area contributed by atoms with Crippen molar-refractivity contribution in [3.8, 4) is 0 Å². The van der Waals surface area contributed by atoms with Crippen molar-refractivity contribution >= 4 is 11.4 Å². The lowest BCUT2D eigenvalue weighted by atomic mass is 10.1. The molecule has 4 heteroatoms. The zero-order valence-electron chi connectivity index (χ0n) is 10.3. The third-order valence-corrected chi connectivity index (χ3v) is 2.68. The standard InChI is InChI=1S/C15H12F3N/c1-11(12-5-3-2-4-6-12)19-14-9-7-13(8-10-14)15(16,17)18/h2-10H,1H3. The van der Waals surface area contributed by atoms with E-state index in [-0.39, 0.29) is 0 Å². The number of aliphatic imine (C=N–C) groups is 1. The van der Waals surface area contributed by atoms with E-state index in [4.69, 9.17) is 0 Å². The van der Waals surface area contributed by atoms with E-state index in [0.29, 0.717) is 5.69 Å². The van der Waals surface area contributed by atoms with Crippen molar-refractivity contribution in [3.63, 3.8) is 0 Å². The van der Waals surface area contributed by atoms with E-state index < -0.39 is 11.7 Å². The first-order valence-corrected chi connectivity index (χ1v) is 5.75. The van der Waals surface area contributed by atoms with Crippen LogP contribution >= 0.6 is 0 Å². The van der Waals surface area contributed by atoms with Gasteiger partial charge in [0.1, 0.15) is 0 Å². The molecule has 2 aromatic rings. The minimum Gasteiger partial charge on any atom is -0.253 e. The van der Waals surface area contributed by atoms with Gasteiger partial charge in [-0.25, -0.2) is 0 Å². The number of hydrogen-bond donors (Lipinski definition) is 0. The molecule has 0 heterocycles. The zero-order chi connectivity index (χ0) is 13.9. The molecule has 0 amide bonds. The molecular formula is C15H12F3N. The molecule has 19 heavy (non-hydrogen) atoms. The molecule has 0 aliphatic heterocycles. The molecule has 1 nitrogen and oxygen atoms in total. The molecule has 0 unspecified atom stereocenters. The Morgan fingerprint density at radius 1 is 0.895 bits per heavy atom. The molecule has 2 aromatic carbocycles. The second kappa shape index (κ2) is 5.26. The van der Waals surface area contributed by atoms with E-state index in [1.54, 1.807) is 0 Å². The van der Waals surface area contributed by atoms with Crippen LogP contribution in [0.25, 0.3) is 0 Å². The molecule has 2 rings (SSSR count). The van der Waals surface area contributed by atoms with Gasteiger partial charge in [-0.3, -0.25) is 4.99 Å². The largest absolute Gasteiger partial charge is 0.416 e. The molecule has 0 aromatic heterocycles. The van der Waals surface area contributed by atoms with Gasteiger partial charge in [0.2, 0.25) is 0 Å². The number of rotatable bonds is 2. The van der Waals surface area contributed by atoms with Crippen LogP contribution in [0.5, 0.6) is 0 Å². The first-order valence-electron chi connectivity index (χ1n) is 5.75. The lowest BCUT2D eigenvalue weighted by Crippen LogP contribution is -2.03. The highest BCUT2D eigenvalue weighted by Crippen LogP contribution is 2.30. The second-order valence-corrected chi connectivity index (χ2v) is 4.11. The van der Waals surface area contributed by atoms with E-state index in [2.05, 4.69) is 4.99 Å². The fraction of sp³-hybridized carbons (Fsp3) is 0.133. The van der Waals surface area contributed by atoms with E-state index in [9.17, 15) is 13.2 Å². The maximum atomic E-state index is 12.4. The Morgan fingerprint density at radius 2 is 1.47 bits per heavy atom. The molecule has 0 aliphatic carbocycles. The van der Waals surface area contributed by atoms with Crippen molar-refractivity contribution < 1.29 is 13.2 Å². The van der Waals surface area contributed by atoms with Gasteiger partial charge in [-0.2, -0.15) is 13.2 Å². The lowest BCUT2D eigenvalue weighted by Gasteiger charge is -2.06. The Bertz CT molecular complexity index is 569. The molecule has 0 fully saturated rings. The number of hydrogen-bond acceptors (Lipinski definition) is 1. The Balaban J connectivity index is 2.24. The SMILES string of the molecule is CC(=Nc1ccc(C(F)(F)F)cc1)c1ccccc1. The van der Waals surface area contributed by atoms with Crippen LogP contribution in [0, 0.1) is 0 Å². The van der Waals surface area contributed by atoms with Crippen molar-refractivity contribution in [1.29, 1.82) is 0 Å². The number of benzene rings is 2. The summed E-state index contributed by atoms with van der Waals surface area (Å²) in [6.45, 7) is 1.83. The second-order valence-electron chi connectivity index (χ2n) is 4.11. The summed E-state index contributed by atoms with van der Waals surface area (Å²) in [5.41, 5.74) is 1.56. The van der Waals surface area contributed by atoms with Crippen LogP contribution in [0.2, 0.25) is 0 Å². The minimum absolute atomic E-state index is 0.509. The molecule has 0 saturated heterocycles. The number of halogens is 3. The fourth-order valence-electron chi connectivity index (χ4n) is 1.66. The van der Waals surface area contributed by atoms with Gasteiger partial charge in [-0.15, -0.1) is 0 Å². The molecule has 0 radical (unpaired) electrons. The molecule has 0 N–H and O–H groups in total. The summed E-state index contributed by atoms with van der Waals surface area (Å²) in [4.78, 5) is 4.30. The maximum Gasteiger partial charge on any atom is 0.416 e. The monoisotopic (exact) mass is 263 g/mol. The maximum absolute atomic E-state index is 12.4. The first kappa shape index (κ1) is 13.3. The van der Waals surface area contributed by atoms with Crippen LogP contribution in [0.3, 0.4) is 0 Å². The predicted octanol–water partition coefficient (Wildman–Crippen LogP) is 4.85. The van der Waals surface area contributed by atoms with Gasteiger partial charge in [0.05, 0.1) is 11.3 Å². The normalized spacial score (nSPS) is 12.5. The van der Waals surface area contributed by atoms with Gasteiger partial charge in [0.25, 0.3) is 0 Å². The quantitative estimate of drug-likeness (QED) is 0.687. The third kappa shape index (κ3) is 3.44. The Hall–Kier alpha value is -2.10. The van der Waals surface area contributed by atoms with Gasteiger partial charge in [0, 0.05) is 5.71 Å². The summed E-state index contributed by atoms with van der Waals surface area (Å²) in [5, 5.41) is 0.